The highest BCUT2D eigenvalue weighted by atomic mass is 16.2. The topological polar surface area (TPSA) is 35.6 Å². The Bertz CT molecular complexity index is 513. The van der Waals surface area contributed by atoms with Crippen molar-refractivity contribution < 1.29 is 4.79 Å². The molecule has 4 nitrogen and oxygen atoms in total. The summed E-state index contributed by atoms with van der Waals surface area (Å²) in [6.45, 7) is 9.64. The van der Waals surface area contributed by atoms with Crippen molar-refractivity contribution in [2.45, 2.75) is 44.7 Å². The van der Waals surface area contributed by atoms with Crippen LogP contribution >= 0.6 is 0 Å². The lowest BCUT2D eigenvalue weighted by molar-refractivity contribution is 0.0812. The van der Waals surface area contributed by atoms with Gasteiger partial charge < -0.3 is 5.32 Å². The molecule has 1 N–H and O–H groups in total. The molecule has 1 spiro atoms. The van der Waals surface area contributed by atoms with Gasteiger partial charge in [-0.15, -0.1) is 0 Å². The van der Waals surface area contributed by atoms with E-state index in [2.05, 4.69) is 31.0 Å². The molecule has 21 heavy (non-hydrogen) atoms. The first kappa shape index (κ1) is 14.4. The molecule has 0 saturated carbocycles. The Morgan fingerprint density at radius 1 is 1.10 bits per heavy atom. The van der Waals surface area contributed by atoms with Crippen LogP contribution in [0.25, 0.3) is 0 Å². The van der Waals surface area contributed by atoms with Crippen molar-refractivity contribution in [3.8, 4) is 0 Å². The van der Waals surface area contributed by atoms with E-state index in [0.29, 0.717) is 0 Å². The van der Waals surface area contributed by atoms with Gasteiger partial charge in [0.15, 0.2) is 0 Å². The summed E-state index contributed by atoms with van der Waals surface area (Å²) in [6, 6.07) is 10.1. The minimum absolute atomic E-state index is 0.0467. The molecule has 0 atom stereocenters. The zero-order chi connectivity index (χ0) is 15.1. The van der Waals surface area contributed by atoms with Gasteiger partial charge in [0.25, 0.3) is 0 Å². The number of nitrogens with one attached hydrogen (secondary N) is 1. The number of hydrogen-bond donors (Lipinski definition) is 1. The van der Waals surface area contributed by atoms with Gasteiger partial charge >= 0.3 is 6.03 Å². The number of urea groups is 1. The van der Waals surface area contributed by atoms with Crippen LogP contribution in [-0.2, 0) is 0 Å². The van der Waals surface area contributed by atoms with Crippen molar-refractivity contribution in [1.29, 1.82) is 0 Å². The molecule has 0 unspecified atom stereocenters. The summed E-state index contributed by atoms with van der Waals surface area (Å²) in [4.78, 5) is 16.8. The van der Waals surface area contributed by atoms with Crippen LogP contribution in [0, 0.1) is 0 Å². The number of nitrogens with zero attached hydrogens (tertiary/aromatic N) is 2. The summed E-state index contributed by atoms with van der Waals surface area (Å²) in [6.07, 6.45) is 2.05. The standard InChI is InChI=1S/C17H25N3O/c1-16(2,3)19-11-9-17(10-12-19)13-18-15(21)20(17)14-7-5-4-6-8-14/h4-8H,9-13H2,1-3H3,(H,18,21). The molecular weight excluding hydrogens is 262 g/mol. The molecule has 1 aromatic carbocycles. The molecule has 2 fully saturated rings. The highest BCUT2D eigenvalue weighted by molar-refractivity contribution is 5.96. The Kier molecular flexibility index (Phi) is 3.44. The van der Waals surface area contributed by atoms with Crippen molar-refractivity contribution in [2.75, 3.05) is 24.5 Å². The summed E-state index contributed by atoms with van der Waals surface area (Å²) >= 11 is 0. The molecule has 0 aliphatic carbocycles. The fraction of sp³-hybridized carbons (Fsp3) is 0.588. The number of anilines is 1. The van der Waals surface area contributed by atoms with Crippen molar-refractivity contribution in [3.05, 3.63) is 30.3 Å². The maximum absolute atomic E-state index is 12.3. The predicted molar refractivity (Wildman–Crippen MR) is 85.6 cm³/mol. The Morgan fingerprint density at radius 3 is 2.29 bits per heavy atom. The Labute approximate surface area is 127 Å². The molecule has 3 rings (SSSR count). The summed E-state index contributed by atoms with van der Waals surface area (Å²) in [5.41, 5.74) is 1.16. The van der Waals surface area contributed by atoms with Gasteiger partial charge in [-0.25, -0.2) is 4.79 Å². The number of hydrogen-bond acceptors (Lipinski definition) is 2. The molecule has 2 aliphatic heterocycles. The predicted octanol–water partition coefficient (Wildman–Crippen LogP) is 2.85. The van der Waals surface area contributed by atoms with Crippen molar-refractivity contribution >= 4 is 11.7 Å². The summed E-state index contributed by atoms with van der Waals surface area (Å²) in [5.74, 6) is 0. The van der Waals surface area contributed by atoms with Gasteiger partial charge in [0.2, 0.25) is 0 Å². The summed E-state index contributed by atoms with van der Waals surface area (Å²) in [5, 5.41) is 3.05. The van der Waals surface area contributed by atoms with Crippen molar-refractivity contribution in [3.63, 3.8) is 0 Å². The minimum Gasteiger partial charge on any atom is -0.335 e. The first-order valence-corrected chi connectivity index (χ1v) is 7.81. The third kappa shape index (κ3) is 2.53. The van der Waals surface area contributed by atoms with E-state index in [1.165, 1.54) is 0 Å². The highest BCUT2D eigenvalue weighted by Gasteiger charge is 2.48. The maximum Gasteiger partial charge on any atom is 0.322 e. The second-order valence-corrected chi connectivity index (χ2v) is 7.21. The Morgan fingerprint density at radius 2 is 1.71 bits per heavy atom. The van der Waals surface area contributed by atoms with Gasteiger partial charge in [-0.3, -0.25) is 9.80 Å². The lowest BCUT2D eigenvalue weighted by Gasteiger charge is -2.47. The molecule has 1 aromatic rings. The van der Waals surface area contributed by atoms with Crippen LogP contribution in [0.1, 0.15) is 33.6 Å². The van der Waals surface area contributed by atoms with E-state index in [1.54, 1.807) is 0 Å². The van der Waals surface area contributed by atoms with Crippen LogP contribution in [0.2, 0.25) is 0 Å². The van der Waals surface area contributed by atoms with Crippen LogP contribution in [0.3, 0.4) is 0 Å². The molecule has 0 bridgehead atoms. The van der Waals surface area contributed by atoms with E-state index in [-0.39, 0.29) is 17.1 Å². The van der Waals surface area contributed by atoms with E-state index < -0.39 is 0 Å². The number of piperidine rings is 1. The minimum atomic E-state index is -0.0554. The molecule has 2 amide bonds. The van der Waals surface area contributed by atoms with E-state index in [0.717, 1.165) is 38.2 Å². The Balaban J connectivity index is 1.83. The van der Waals surface area contributed by atoms with Gasteiger partial charge in [-0.05, 0) is 45.7 Å². The summed E-state index contributed by atoms with van der Waals surface area (Å²) in [7, 11) is 0. The fourth-order valence-electron chi connectivity index (χ4n) is 3.58. The molecular formula is C17H25N3O. The number of benzene rings is 1. The average molecular weight is 287 g/mol. The molecule has 2 heterocycles. The number of rotatable bonds is 1. The molecule has 2 saturated heterocycles. The molecule has 2 aliphatic rings. The van der Waals surface area contributed by atoms with Crippen LogP contribution in [0.4, 0.5) is 10.5 Å². The van der Waals surface area contributed by atoms with E-state index in [1.807, 2.05) is 35.2 Å². The van der Waals surface area contributed by atoms with Crippen LogP contribution in [-0.4, -0.2) is 41.6 Å². The van der Waals surface area contributed by atoms with Gasteiger partial charge in [0.05, 0.1) is 5.54 Å². The maximum atomic E-state index is 12.3. The zero-order valence-electron chi connectivity index (χ0n) is 13.2. The average Bonchev–Trinajstić information content (AvgIpc) is 2.76. The van der Waals surface area contributed by atoms with Crippen LogP contribution in [0.5, 0.6) is 0 Å². The molecule has 4 heteroatoms. The fourth-order valence-corrected chi connectivity index (χ4v) is 3.58. The Hall–Kier alpha value is -1.55. The van der Waals surface area contributed by atoms with Gasteiger partial charge in [-0.1, -0.05) is 18.2 Å². The lowest BCUT2D eigenvalue weighted by Crippen LogP contribution is -2.58. The number of carbonyl (C=O) groups excluding carboxylic acids is 1. The third-order valence-corrected chi connectivity index (χ3v) is 4.90. The number of para-hydroxylation sites is 1. The van der Waals surface area contributed by atoms with Crippen LogP contribution < -0.4 is 10.2 Å². The third-order valence-electron chi connectivity index (χ3n) is 4.90. The van der Waals surface area contributed by atoms with Gasteiger partial charge in [0.1, 0.15) is 0 Å². The van der Waals surface area contributed by atoms with Gasteiger partial charge in [-0.2, -0.15) is 0 Å². The second kappa shape index (κ2) is 5.02. The van der Waals surface area contributed by atoms with E-state index >= 15 is 0 Å². The van der Waals surface area contributed by atoms with Gasteiger partial charge in [0, 0.05) is 30.9 Å². The molecule has 0 radical (unpaired) electrons. The first-order valence-electron chi connectivity index (χ1n) is 7.81. The van der Waals surface area contributed by atoms with Crippen molar-refractivity contribution in [2.24, 2.45) is 0 Å². The monoisotopic (exact) mass is 287 g/mol. The number of carbonyl (C=O) groups is 1. The van der Waals surface area contributed by atoms with Crippen LogP contribution in [0.15, 0.2) is 30.3 Å². The normalized spacial score (nSPS) is 22.6. The lowest BCUT2D eigenvalue weighted by atomic mass is 9.84. The first-order chi connectivity index (χ1) is 9.92. The second-order valence-electron chi connectivity index (χ2n) is 7.21. The smallest absolute Gasteiger partial charge is 0.322 e. The van der Waals surface area contributed by atoms with E-state index in [4.69, 9.17) is 0 Å². The molecule has 0 aromatic heterocycles. The number of amides is 2. The largest absolute Gasteiger partial charge is 0.335 e. The zero-order valence-corrected chi connectivity index (χ0v) is 13.2. The van der Waals surface area contributed by atoms with Crippen molar-refractivity contribution in [1.82, 2.24) is 10.2 Å². The summed E-state index contributed by atoms with van der Waals surface area (Å²) < 4.78 is 0. The SMILES string of the molecule is CC(C)(C)N1CCC2(CC1)CNC(=O)N2c1ccccc1. The highest BCUT2D eigenvalue weighted by Crippen LogP contribution is 2.37. The quantitative estimate of drug-likeness (QED) is 0.862. The molecule has 114 valence electrons. The number of likely N-dealkylation sites (tertiary alicyclic amines) is 1. The van der Waals surface area contributed by atoms with E-state index in [9.17, 15) is 4.79 Å².